The van der Waals surface area contributed by atoms with E-state index in [4.69, 9.17) is 0 Å². The van der Waals surface area contributed by atoms with Gasteiger partial charge < -0.3 is 10.2 Å². The van der Waals surface area contributed by atoms with Gasteiger partial charge in [0.25, 0.3) is 0 Å². The molecule has 0 aromatic carbocycles. The van der Waals surface area contributed by atoms with Gasteiger partial charge >= 0.3 is 0 Å². The van der Waals surface area contributed by atoms with Gasteiger partial charge in [0.15, 0.2) is 0 Å². The van der Waals surface area contributed by atoms with Crippen LogP contribution in [0.3, 0.4) is 0 Å². The fraction of sp³-hybridized carbons (Fsp3) is 0.867. The summed E-state index contributed by atoms with van der Waals surface area (Å²) >= 11 is 1.84. The van der Waals surface area contributed by atoms with Crippen molar-refractivity contribution in [2.45, 2.75) is 51.1 Å². The summed E-state index contributed by atoms with van der Waals surface area (Å²) in [5, 5.41) is 3.02. The molecule has 4 nitrogen and oxygen atoms in total. The van der Waals surface area contributed by atoms with Crippen molar-refractivity contribution in [2.75, 3.05) is 18.1 Å². The van der Waals surface area contributed by atoms with Crippen LogP contribution in [-0.4, -0.2) is 46.3 Å². The summed E-state index contributed by atoms with van der Waals surface area (Å²) in [5.41, 5.74) is -0.600. The highest BCUT2D eigenvalue weighted by Crippen LogP contribution is 2.46. The number of nitrogens with one attached hydrogen (secondary N) is 1. The molecule has 20 heavy (non-hydrogen) atoms. The van der Waals surface area contributed by atoms with E-state index in [1.807, 2.05) is 23.6 Å². The Balaban J connectivity index is 1.80. The number of hydrogen-bond donors (Lipinski definition) is 1. The second-order valence-corrected chi connectivity index (χ2v) is 7.79. The maximum Gasteiger partial charge on any atom is 0.246 e. The highest BCUT2D eigenvalue weighted by atomic mass is 32.2. The Morgan fingerprint density at radius 1 is 1.30 bits per heavy atom. The number of amides is 2. The lowest BCUT2D eigenvalue weighted by atomic mass is 9.87. The molecule has 2 saturated carbocycles. The summed E-state index contributed by atoms with van der Waals surface area (Å²) < 4.78 is 0. The third kappa shape index (κ3) is 2.34. The summed E-state index contributed by atoms with van der Waals surface area (Å²) in [6.45, 7) is 4.81. The van der Waals surface area contributed by atoms with Crippen LogP contribution in [-0.2, 0) is 9.59 Å². The standard InChI is InChI=1S/C15H24N2O2S/c1-3-20-9-8-17-13(18)12(10-4-5-10)16-14(19)15(17,2)11-6-7-11/h10-12H,3-9H2,1-2H3,(H,16,19). The summed E-state index contributed by atoms with van der Waals surface area (Å²) in [7, 11) is 0. The molecule has 0 spiro atoms. The number of carbonyl (C=O) groups excluding carboxylic acids is 2. The van der Waals surface area contributed by atoms with Gasteiger partial charge in [-0.2, -0.15) is 11.8 Å². The number of thioether (sulfide) groups is 1. The molecule has 2 unspecified atom stereocenters. The fourth-order valence-corrected chi connectivity index (χ4v) is 3.91. The number of piperazine rings is 1. The molecular weight excluding hydrogens is 272 g/mol. The molecule has 0 aromatic rings. The van der Waals surface area contributed by atoms with Crippen LogP contribution in [0.4, 0.5) is 0 Å². The molecule has 2 aliphatic carbocycles. The van der Waals surface area contributed by atoms with E-state index >= 15 is 0 Å². The molecule has 112 valence electrons. The summed E-state index contributed by atoms with van der Waals surface area (Å²) in [5.74, 6) is 2.97. The zero-order chi connectivity index (χ0) is 14.3. The molecule has 1 saturated heterocycles. The van der Waals surface area contributed by atoms with Crippen LogP contribution in [0, 0.1) is 11.8 Å². The van der Waals surface area contributed by atoms with Crippen molar-refractivity contribution < 1.29 is 9.59 Å². The van der Waals surface area contributed by atoms with Gasteiger partial charge in [-0.25, -0.2) is 0 Å². The van der Waals surface area contributed by atoms with Gasteiger partial charge in [0, 0.05) is 12.3 Å². The van der Waals surface area contributed by atoms with Gasteiger partial charge in [0.2, 0.25) is 11.8 Å². The van der Waals surface area contributed by atoms with Crippen LogP contribution in [0.25, 0.3) is 0 Å². The largest absolute Gasteiger partial charge is 0.342 e. The van der Waals surface area contributed by atoms with E-state index in [1.165, 1.54) is 0 Å². The Bertz CT molecular complexity index is 420. The van der Waals surface area contributed by atoms with Crippen molar-refractivity contribution >= 4 is 23.6 Å². The van der Waals surface area contributed by atoms with Gasteiger partial charge in [0.1, 0.15) is 11.6 Å². The molecule has 1 heterocycles. The summed E-state index contributed by atoms with van der Waals surface area (Å²) in [4.78, 5) is 27.3. The molecule has 2 amide bonds. The number of nitrogens with zero attached hydrogens (tertiary/aromatic N) is 1. The second kappa shape index (κ2) is 5.24. The molecular formula is C15H24N2O2S. The predicted molar refractivity (Wildman–Crippen MR) is 80.5 cm³/mol. The van der Waals surface area contributed by atoms with Crippen molar-refractivity contribution in [1.29, 1.82) is 0 Å². The normalized spacial score (nSPS) is 34.3. The maximum absolute atomic E-state index is 12.8. The monoisotopic (exact) mass is 296 g/mol. The first-order valence-corrected chi connectivity index (χ1v) is 8.94. The first-order valence-electron chi connectivity index (χ1n) is 7.79. The van der Waals surface area contributed by atoms with E-state index in [0.29, 0.717) is 18.4 Å². The molecule has 5 heteroatoms. The van der Waals surface area contributed by atoms with E-state index < -0.39 is 5.54 Å². The van der Waals surface area contributed by atoms with Crippen LogP contribution in [0.2, 0.25) is 0 Å². The first-order chi connectivity index (χ1) is 9.59. The van der Waals surface area contributed by atoms with Gasteiger partial charge in [0.05, 0.1) is 0 Å². The van der Waals surface area contributed by atoms with E-state index in [9.17, 15) is 9.59 Å². The summed E-state index contributed by atoms with van der Waals surface area (Å²) in [6, 6.07) is -0.249. The van der Waals surface area contributed by atoms with Crippen molar-refractivity contribution in [2.24, 2.45) is 11.8 Å². The second-order valence-electron chi connectivity index (χ2n) is 6.40. The van der Waals surface area contributed by atoms with Gasteiger partial charge in [-0.1, -0.05) is 6.92 Å². The average molecular weight is 296 g/mol. The van der Waals surface area contributed by atoms with E-state index in [2.05, 4.69) is 12.2 Å². The first kappa shape index (κ1) is 14.2. The summed E-state index contributed by atoms with van der Waals surface area (Å²) in [6.07, 6.45) is 4.30. The fourth-order valence-electron chi connectivity index (χ4n) is 3.31. The third-order valence-corrected chi connectivity index (χ3v) is 5.85. The maximum atomic E-state index is 12.8. The molecule has 3 rings (SSSR count). The quantitative estimate of drug-likeness (QED) is 0.758. The number of hydrogen-bond acceptors (Lipinski definition) is 3. The van der Waals surface area contributed by atoms with Crippen LogP contribution in [0.15, 0.2) is 0 Å². The van der Waals surface area contributed by atoms with Gasteiger partial charge in [-0.3, -0.25) is 9.59 Å². The SMILES string of the molecule is CCSCCN1C(=O)C(C2CC2)NC(=O)C1(C)C1CC1. The third-order valence-electron chi connectivity index (χ3n) is 4.97. The number of rotatable bonds is 6. The van der Waals surface area contributed by atoms with E-state index in [0.717, 1.165) is 37.2 Å². The minimum Gasteiger partial charge on any atom is -0.342 e. The zero-order valence-electron chi connectivity index (χ0n) is 12.4. The zero-order valence-corrected chi connectivity index (χ0v) is 13.2. The lowest BCUT2D eigenvalue weighted by Crippen LogP contribution is -2.71. The molecule has 1 N–H and O–H groups in total. The molecule has 1 aliphatic heterocycles. The Morgan fingerprint density at radius 2 is 2.00 bits per heavy atom. The van der Waals surface area contributed by atoms with Crippen LogP contribution < -0.4 is 5.32 Å². The lowest BCUT2D eigenvalue weighted by Gasteiger charge is -2.47. The van der Waals surface area contributed by atoms with Crippen molar-refractivity contribution in [3.63, 3.8) is 0 Å². The van der Waals surface area contributed by atoms with E-state index in [-0.39, 0.29) is 17.9 Å². The number of carbonyl (C=O) groups is 2. The minimum atomic E-state index is -0.600. The Kier molecular flexibility index (Phi) is 3.73. The highest BCUT2D eigenvalue weighted by molar-refractivity contribution is 7.99. The topological polar surface area (TPSA) is 49.4 Å². The highest BCUT2D eigenvalue weighted by Gasteiger charge is 2.58. The minimum absolute atomic E-state index is 0.0815. The Labute approximate surface area is 125 Å². The molecule has 0 bridgehead atoms. The van der Waals surface area contributed by atoms with Crippen LogP contribution in [0.1, 0.15) is 39.5 Å². The van der Waals surface area contributed by atoms with Crippen LogP contribution in [0.5, 0.6) is 0 Å². The van der Waals surface area contributed by atoms with Crippen molar-refractivity contribution in [3.8, 4) is 0 Å². The Hall–Kier alpha value is -0.710. The average Bonchev–Trinajstić information content (AvgIpc) is 3.29. The molecule has 2 atom stereocenters. The Morgan fingerprint density at radius 3 is 2.55 bits per heavy atom. The smallest absolute Gasteiger partial charge is 0.246 e. The molecule has 0 radical (unpaired) electrons. The molecule has 3 fully saturated rings. The lowest BCUT2D eigenvalue weighted by molar-refractivity contribution is -0.158. The van der Waals surface area contributed by atoms with Crippen molar-refractivity contribution in [1.82, 2.24) is 10.2 Å². The van der Waals surface area contributed by atoms with Gasteiger partial charge in [-0.15, -0.1) is 0 Å². The molecule has 3 aliphatic rings. The molecule has 0 aromatic heterocycles. The van der Waals surface area contributed by atoms with Crippen molar-refractivity contribution in [3.05, 3.63) is 0 Å². The van der Waals surface area contributed by atoms with E-state index in [1.54, 1.807) is 0 Å². The predicted octanol–water partition coefficient (Wildman–Crippen LogP) is 1.65. The van der Waals surface area contributed by atoms with Gasteiger partial charge in [-0.05, 0) is 50.2 Å². The van der Waals surface area contributed by atoms with Crippen LogP contribution >= 0.6 is 11.8 Å².